The first-order valence-corrected chi connectivity index (χ1v) is 7.72. The SMILES string of the molecule is COc1ncc(Br)cc1S(=O)(=O)NC1COCCO1. The fourth-order valence-corrected chi connectivity index (χ4v) is 3.29. The molecule has 7 nitrogen and oxygen atoms in total. The molecule has 0 saturated carbocycles. The van der Waals surface area contributed by atoms with Gasteiger partial charge in [-0.1, -0.05) is 0 Å². The standard InChI is InChI=1S/C10H13BrN2O5S/c1-16-10-8(4-7(11)5-12-10)19(14,15)13-9-6-17-2-3-18-9/h4-5,9,13H,2-3,6H2,1H3. The van der Waals surface area contributed by atoms with E-state index in [1.807, 2.05) is 0 Å². The lowest BCUT2D eigenvalue weighted by atomic mass is 10.5. The van der Waals surface area contributed by atoms with E-state index in [2.05, 4.69) is 25.6 Å². The van der Waals surface area contributed by atoms with Crippen LogP contribution in [-0.2, 0) is 19.5 Å². The molecule has 0 bridgehead atoms. The summed E-state index contributed by atoms with van der Waals surface area (Å²) in [5.74, 6) is 0.0208. The molecule has 1 atom stereocenters. The molecule has 1 saturated heterocycles. The predicted octanol–water partition coefficient (Wildman–Crippen LogP) is 0.504. The van der Waals surface area contributed by atoms with Crippen molar-refractivity contribution < 1.29 is 22.6 Å². The van der Waals surface area contributed by atoms with Gasteiger partial charge in [0, 0.05) is 10.7 Å². The van der Waals surface area contributed by atoms with Gasteiger partial charge in [-0.3, -0.25) is 0 Å². The second-order valence-electron chi connectivity index (χ2n) is 3.72. The van der Waals surface area contributed by atoms with Crippen LogP contribution in [0.2, 0.25) is 0 Å². The zero-order chi connectivity index (χ0) is 13.9. The highest BCUT2D eigenvalue weighted by atomic mass is 79.9. The van der Waals surface area contributed by atoms with Crippen molar-refractivity contribution in [3.8, 4) is 5.88 Å². The van der Waals surface area contributed by atoms with Crippen molar-refractivity contribution in [3.63, 3.8) is 0 Å². The van der Waals surface area contributed by atoms with Crippen LogP contribution in [0.5, 0.6) is 5.88 Å². The van der Waals surface area contributed by atoms with E-state index in [9.17, 15) is 8.42 Å². The number of rotatable bonds is 4. The molecular formula is C10H13BrN2O5S. The van der Waals surface area contributed by atoms with E-state index < -0.39 is 16.3 Å². The fraction of sp³-hybridized carbons (Fsp3) is 0.500. The molecule has 2 rings (SSSR count). The summed E-state index contributed by atoms with van der Waals surface area (Å²) in [5.41, 5.74) is 0. The largest absolute Gasteiger partial charge is 0.480 e. The summed E-state index contributed by atoms with van der Waals surface area (Å²) in [5, 5.41) is 0. The summed E-state index contributed by atoms with van der Waals surface area (Å²) in [6, 6.07) is 1.41. The average Bonchev–Trinajstić information content (AvgIpc) is 2.39. The molecular weight excluding hydrogens is 340 g/mol. The predicted molar refractivity (Wildman–Crippen MR) is 69.4 cm³/mol. The first-order chi connectivity index (χ1) is 9.03. The molecule has 1 unspecified atom stereocenters. The molecule has 0 aliphatic carbocycles. The van der Waals surface area contributed by atoms with Gasteiger partial charge in [-0.25, -0.2) is 13.4 Å². The highest BCUT2D eigenvalue weighted by Crippen LogP contribution is 2.24. The number of hydrogen-bond donors (Lipinski definition) is 1. The number of aromatic nitrogens is 1. The molecule has 9 heteroatoms. The van der Waals surface area contributed by atoms with Crippen molar-refractivity contribution in [1.82, 2.24) is 9.71 Å². The molecule has 1 N–H and O–H groups in total. The molecule has 0 aromatic carbocycles. The third kappa shape index (κ3) is 3.63. The van der Waals surface area contributed by atoms with Crippen LogP contribution in [0.25, 0.3) is 0 Å². The Balaban J connectivity index is 2.25. The number of ether oxygens (including phenoxy) is 3. The van der Waals surface area contributed by atoms with Gasteiger partial charge in [0.1, 0.15) is 11.1 Å². The van der Waals surface area contributed by atoms with E-state index in [0.29, 0.717) is 17.7 Å². The third-order valence-corrected chi connectivity index (χ3v) is 4.25. The summed E-state index contributed by atoms with van der Waals surface area (Å²) in [7, 11) is -2.44. The maximum absolute atomic E-state index is 12.2. The Kier molecular flexibility index (Phi) is 4.74. The monoisotopic (exact) mass is 352 g/mol. The van der Waals surface area contributed by atoms with E-state index in [-0.39, 0.29) is 17.4 Å². The lowest BCUT2D eigenvalue weighted by Gasteiger charge is -2.23. The molecule has 0 spiro atoms. The van der Waals surface area contributed by atoms with E-state index in [1.165, 1.54) is 19.4 Å². The van der Waals surface area contributed by atoms with Crippen molar-refractivity contribution in [2.24, 2.45) is 0 Å². The minimum Gasteiger partial charge on any atom is -0.480 e. The lowest BCUT2D eigenvalue weighted by Crippen LogP contribution is -2.43. The zero-order valence-electron chi connectivity index (χ0n) is 10.1. The van der Waals surface area contributed by atoms with Crippen molar-refractivity contribution in [1.29, 1.82) is 0 Å². The highest BCUT2D eigenvalue weighted by molar-refractivity contribution is 9.10. The first kappa shape index (κ1) is 14.7. The molecule has 0 radical (unpaired) electrons. The Morgan fingerprint density at radius 2 is 2.32 bits per heavy atom. The van der Waals surface area contributed by atoms with Crippen molar-refractivity contribution in [3.05, 3.63) is 16.7 Å². The van der Waals surface area contributed by atoms with Gasteiger partial charge in [-0.2, -0.15) is 4.72 Å². The van der Waals surface area contributed by atoms with Crippen LogP contribution < -0.4 is 9.46 Å². The lowest BCUT2D eigenvalue weighted by molar-refractivity contribution is -0.0921. The smallest absolute Gasteiger partial charge is 0.248 e. The van der Waals surface area contributed by atoms with Crippen LogP contribution in [0, 0.1) is 0 Å². The molecule has 0 amide bonds. The van der Waals surface area contributed by atoms with Crippen LogP contribution in [0.15, 0.2) is 21.6 Å². The quantitative estimate of drug-likeness (QED) is 0.849. The highest BCUT2D eigenvalue weighted by Gasteiger charge is 2.26. The molecule has 2 heterocycles. The molecule has 1 aromatic rings. The second kappa shape index (κ2) is 6.14. The Morgan fingerprint density at radius 3 is 2.95 bits per heavy atom. The zero-order valence-corrected chi connectivity index (χ0v) is 12.5. The van der Waals surface area contributed by atoms with E-state index >= 15 is 0 Å². The number of nitrogens with one attached hydrogen (secondary N) is 1. The molecule has 19 heavy (non-hydrogen) atoms. The molecule has 106 valence electrons. The number of sulfonamides is 1. The summed E-state index contributed by atoms with van der Waals surface area (Å²) in [4.78, 5) is 3.84. The summed E-state index contributed by atoms with van der Waals surface area (Å²) in [6.07, 6.45) is 0.750. The van der Waals surface area contributed by atoms with Crippen LogP contribution >= 0.6 is 15.9 Å². The third-order valence-electron chi connectivity index (χ3n) is 2.37. The number of methoxy groups -OCH3 is 1. The van der Waals surface area contributed by atoms with Gasteiger partial charge in [0.25, 0.3) is 0 Å². The van der Waals surface area contributed by atoms with Crippen molar-refractivity contribution >= 4 is 26.0 Å². The Morgan fingerprint density at radius 1 is 1.53 bits per heavy atom. The maximum Gasteiger partial charge on any atom is 0.248 e. The molecule has 1 aromatic heterocycles. The number of pyridine rings is 1. The number of halogens is 1. The minimum atomic E-state index is -3.80. The Bertz CT molecular complexity index is 545. The van der Waals surface area contributed by atoms with Gasteiger partial charge in [0.2, 0.25) is 15.9 Å². The van der Waals surface area contributed by atoms with Crippen molar-refractivity contribution in [2.75, 3.05) is 26.9 Å². The number of hydrogen-bond acceptors (Lipinski definition) is 6. The summed E-state index contributed by atoms with van der Waals surface area (Å²) in [6.45, 7) is 0.976. The second-order valence-corrected chi connectivity index (χ2v) is 6.31. The molecule has 1 aliphatic heterocycles. The van der Waals surface area contributed by atoms with Gasteiger partial charge < -0.3 is 14.2 Å². The number of nitrogens with zero attached hydrogens (tertiary/aromatic N) is 1. The Labute approximate surface area is 119 Å². The summed E-state index contributed by atoms with van der Waals surface area (Å²) < 4.78 is 42.8. The maximum atomic E-state index is 12.2. The van der Waals surface area contributed by atoms with Crippen LogP contribution in [0.1, 0.15) is 0 Å². The molecule has 1 fully saturated rings. The van der Waals surface area contributed by atoms with Crippen LogP contribution in [0.4, 0.5) is 0 Å². The van der Waals surface area contributed by atoms with Gasteiger partial charge in [0.05, 0.1) is 26.9 Å². The Hall–Kier alpha value is -0.740. The average molecular weight is 353 g/mol. The van der Waals surface area contributed by atoms with Gasteiger partial charge in [0.15, 0.2) is 0 Å². The minimum absolute atomic E-state index is 0.0208. The van der Waals surface area contributed by atoms with Gasteiger partial charge in [-0.05, 0) is 22.0 Å². The van der Waals surface area contributed by atoms with E-state index in [1.54, 1.807) is 0 Å². The van der Waals surface area contributed by atoms with Gasteiger partial charge in [-0.15, -0.1) is 0 Å². The normalized spacial score (nSPS) is 20.2. The van der Waals surface area contributed by atoms with Crippen molar-refractivity contribution in [2.45, 2.75) is 11.1 Å². The van der Waals surface area contributed by atoms with Gasteiger partial charge >= 0.3 is 0 Å². The fourth-order valence-electron chi connectivity index (χ4n) is 1.55. The summed E-state index contributed by atoms with van der Waals surface area (Å²) >= 11 is 3.18. The topological polar surface area (TPSA) is 86.8 Å². The van der Waals surface area contributed by atoms with E-state index in [0.717, 1.165) is 0 Å². The van der Waals surface area contributed by atoms with E-state index in [4.69, 9.17) is 14.2 Å². The van der Waals surface area contributed by atoms with Crippen LogP contribution in [-0.4, -0.2) is 46.6 Å². The van der Waals surface area contributed by atoms with Crippen LogP contribution in [0.3, 0.4) is 0 Å². The first-order valence-electron chi connectivity index (χ1n) is 5.44. The molecule has 1 aliphatic rings.